The second-order valence-electron chi connectivity index (χ2n) is 4.79. The number of allylic oxidation sites excluding steroid dienone is 1. The molecule has 2 aromatic carbocycles. The first-order valence-corrected chi connectivity index (χ1v) is 6.52. The first-order chi connectivity index (χ1) is 10.2. The van der Waals surface area contributed by atoms with Gasteiger partial charge in [0.2, 0.25) is 5.88 Å². The smallest absolute Gasteiger partial charge is 0.235 e. The molecule has 4 rings (SSSR count). The molecule has 0 unspecified atom stereocenters. The monoisotopic (exact) mass is 298 g/mol. The number of rotatable bonds is 1. The van der Waals surface area contributed by atoms with Crippen molar-refractivity contribution in [1.82, 2.24) is 5.53 Å². The maximum absolute atomic E-state index is 13.4. The highest BCUT2D eigenvalue weighted by Crippen LogP contribution is 2.36. The molecular weight excluding hydrogens is 285 g/mol. The van der Waals surface area contributed by atoms with Gasteiger partial charge in [-0.25, -0.2) is 14.4 Å². The second kappa shape index (κ2) is 5.18. The van der Waals surface area contributed by atoms with Gasteiger partial charge in [-0.3, -0.25) is 0 Å². The summed E-state index contributed by atoms with van der Waals surface area (Å²) < 4.78 is 13.4. The molecule has 5 nitrogen and oxygen atoms in total. The lowest BCUT2D eigenvalue weighted by atomic mass is 10.1. The summed E-state index contributed by atoms with van der Waals surface area (Å²) in [6.45, 7) is 0. The molecule has 2 heterocycles. The van der Waals surface area contributed by atoms with E-state index in [1.54, 1.807) is 23.2 Å². The number of nitrogens with zero attached hydrogens (tertiary/aromatic N) is 3. The number of para-hydroxylation sites is 1. The molecule has 2 aliphatic heterocycles. The van der Waals surface area contributed by atoms with Crippen LogP contribution in [0.4, 0.5) is 15.8 Å². The van der Waals surface area contributed by atoms with E-state index in [0.717, 1.165) is 11.3 Å². The molecule has 0 aromatic heterocycles. The second-order valence-corrected chi connectivity index (χ2v) is 4.79. The Bertz CT molecular complexity index is 788. The van der Waals surface area contributed by atoms with E-state index >= 15 is 0 Å². The predicted molar refractivity (Wildman–Crippen MR) is 82.2 cm³/mol. The summed E-state index contributed by atoms with van der Waals surface area (Å²) in [6, 6.07) is 13.7. The number of aliphatic hydroxyl groups is 1. The van der Waals surface area contributed by atoms with Crippen LogP contribution < -0.4 is 15.6 Å². The Morgan fingerprint density at radius 3 is 2.59 bits per heavy atom. The minimum absolute atomic E-state index is 0. The molecule has 0 spiro atoms. The van der Waals surface area contributed by atoms with Crippen LogP contribution in [0, 0.1) is 5.82 Å². The van der Waals surface area contributed by atoms with Gasteiger partial charge in [-0.1, -0.05) is 30.3 Å². The molecular formula is C16H13FN3O2. The Labute approximate surface area is 126 Å². The van der Waals surface area contributed by atoms with E-state index < -0.39 is 0 Å². The van der Waals surface area contributed by atoms with Gasteiger partial charge in [0, 0.05) is 0 Å². The maximum Gasteiger partial charge on any atom is 0.235 e. The summed E-state index contributed by atoms with van der Waals surface area (Å²) in [5.41, 5.74) is 7.30. The van der Waals surface area contributed by atoms with Gasteiger partial charge < -0.3 is 10.6 Å². The summed E-state index contributed by atoms with van der Waals surface area (Å²) in [5, 5.41) is 13.3. The molecule has 0 saturated heterocycles. The largest absolute Gasteiger partial charge is 0.492 e. The average Bonchev–Trinajstić information content (AvgIpc) is 2.85. The Hall–Kier alpha value is -2.83. The molecule has 0 fully saturated rings. The minimum atomic E-state index is -0.374. The SMILES string of the molecule is O.OC1=C2C=Cc3ccccc3N2[N]N1c1cccc(F)c1. The van der Waals surface area contributed by atoms with Gasteiger partial charge in [0.25, 0.3) is 0 Å². The topological polar surface area (TPSA) is 72.3 Å². The van der Waals surface area contributed by atoms with Crippen LogP contribution >= 0.6 is 0 Å². The van der Waals surface area contributed by atoms with Crippen LogP contribution in [0.15, 0.2) is 66.2 Å². The zero-order valence-corrected chi connectivity index (χ0v) is 11.4. The van der Waals surface area contributed by atoms with Crippen molar-refractivity contribution in [2.45, 2.75) is 0 Å². The summed E-state index contributed by atoms with van der Waals surface area (Å²) in [4.78, 5) is 0. The van der Waals surface area contributed by atoms with Crippen molar-refractivity contribution in [1.29, 1.82) is 0 Å². The number of anilines is 2. The van der Waals surface area contributed by atoms with E-state index in [2.05, 4.69) is 5.53 Å². The van der Waals surface area contributed by atoms with Crippen molar-refractivity contribution < 1.29 is 15.0 Å². The molecule has 2 aromatic rings. The summed E-state index contributed by atoms with van der Waals surface area (Å²) in [5.74, 6) is -0.396. The average molecular weight is 298 g/mol. The first-order valence-electron chi connectivity index (χ1n) is 6.52. The van der Waals surface area contributed by atoms with Gasteiger partial charge in [0.15, 0.2) is 0 Å². The van der Waals surface area contributed by atoms with E-state index in [4.69, 9.17) is 0 Å². The Kier molecular flexibility index (Phi) is 3.32. The van der Waals surface area contributed by atoms with Crippen LogP contribution in [0.1, 0.15) is 5.56 Å². The Morgan fingerprint density at radius 2 is 1.77 bits per heavy atom. The van der Waals surface area contributed by atoms with Gasteiger partial charge in [-0.15, -0.1) is 0 Å². The fourth-order valence-electron chi connectivity index (χ4n) is 2.48. The lowest BCUT2D eigenvalue weighted by Gasteiger charge is -2.24. The lowest BCUT2D eigenvalue weighted by molar-refractivity contribution is 0.387. The van der Waals surface area contributed by atoms with Crippen molar-refractivity contribution in [3.8, 4) is 0 Å². The molecule has 3 N–H and O–H groups in total. The third kappa shape index (κ3) is 2.02. The summed E-state index contributed by atoms with van der Waals surface area (Å²) in [7, 11) is 0. The van der Waals surface area contributed by atoms with E-state index in [1.165, 1.54) is 17.1 Å². The van der Waals surface area contributed by atoms with Crippen molar-refractivity contribution in [3.63, 3.8) is 0 Å². The highest BCUT2D eigenvalue weighted by Gasteiger charge is 2.34. The summed E-state index contributed by atoms with van der Waals surface area (Å²) in [6.07, 6.45) is 3.71. The highest BCUT2D eigenvalue weighted by atomic mass is 19.1. The molecule has 0 aliphatic carbocycles. The molecule has 0 amide bonds. The van der Waals surface area contributed by atoms with Crippen molar-refractivity contribution >= 4 is 17.5 Å². The quantitative estimate of drug-likeness (QED) is 0.879. The summed E-state index contributed by atoms with van der Waals surface area (Å²) >= 11 is 0. The number of halogens is 1. The van der Waals surface area contributed by atoms with Gasteiger partial charge in [-0.05, 0) is 41.4 Å². The maximum atomic E-state index is 13.4. The molecule has 111 valence electrons. The molecule has 0 saturated carbocycles. The first kappa shape index (κ1) is 14.1. The van der Waals surface area contributed by atoms with Crippen LogP contribution in [0.3, 0.4) is 0 Å². The van der Waals surface area contributed by atoms with Crippen molar-refractivity contribution in [2.24, 2.45) is 0 Å². The highest BCUT2D eigenvalue weighted by molar-refractivity contribution is 5.78. The number of benzene rings is 2. The van der Waals surface area contributed by atoms with Crippen LogP contribution in [0.25, 0.3) is 6.08 Å². The molecule has 2 aliphatic rings. The lowest BCUT2D eigenvalue weighted by Crippen LogP contribution is -2.35. The molecule has 0 bridgehead atoms. The number of hydrogen-bond acceptors (Lipinski definition) is 3. The molecule has 1 radical (unpaired) electrons. The van der Waals surface area contributed by atoms with Gasteiger partial charge in [0.1, 0.15) is 11.5 Å². The zero-order valence-electron chi connectivity index (χ0n) is 11.4. The van der Waals surface area contributed by atoms with E-state index in [-0.39, 0.29) is 17.2 Å². The van der Waals surface area contributed by atoms with Crippen LogP contribution in [0.5, 0.6) is 0 Å². The van der Waals surface area contributed by atoms with Crippen molar-refractivity contribution in [3.05, 3.63) is 77.6 Å². The van der Waals surface area contributed by atoms with Crippen molar-refractivity contribution in [2.75, 3.05) is 10.0 Å². The Morgan fingerprint density at radius 1 is 0.955 bits per heavy atom. The third-order valence-corrected chi connectivity index (χ3v) is 3.48. The number of fused-ring (bicyclic) bond motifs is 3. The van der Waals surface area contributed by atoms with Crippen LogP contribution in [0.2, 0.25) is 0 Å². The van der Waals surface area contributed by atoms with E-state index in [1.807, 2.05) is 30.3 Å². The molecule has 6 heteroatoms. The minimum Gasteiger partial charge on any atom is -0.492 e. The number of hydrogen-bond donors (Lipinski definition) is 1. The van der Waals surface area contributed by atoms with Crippen LogP contribution in [-0.2, 0) is 0 Å². The Balaban J connectivity index is 0.00000144. The molecule has 22 heavy (non-hydrogen) atoms. The standard InChI is InChI=1S/C16H11FN3O.H2O/c17-12-5-3-6-13(10-12)19-16(21)15-9-8-11-4-1-2-7-14(11)20(15)18-19;/h1-10,21H;1H2. The fraction of sp³-hybridized carbons (Fsp3) is 0. The predicted octanol–water partition coefficient (Wildman–Crippen LogP) is 2.52. The van der Waals surface area contributed by atoms with Gasteiger partial charge in [-0.2, -0.15) is 0 Å². The molecule has 0 atom stereocenters. The van der Waals surface area contributed by atoms with Crippen LogP contribution in [-0.4, -0.2) is 10.6 Å². The fourth-order valence-corrected chi connectivity index (χ4v) is 2.48. The number of aliphatic hydroxyl groups excluding tert-OH is 1. The van der Waals surface area contributed by atoms with E-state index in [9.17, 15) is 9.50 Å². The van der Waals surface area contributed by atoms with Gasteiger partial charge >= 0.3 is 0 Å². The van der Waals surface area contributed by atoms with E-state index in [0.29, 0.717) is 11.4 Å². The van der Waals surface area contributed by atoms with Gasteiger partial charge in [0.05, 0.1) is 11.4 Å². The zero-order chi connectivity index (χ0) is 14.4. The normalized spacial score (nSPS) is 15.5. The third-order valence-electron chi connectivity index (χ3n) is 3.48.